The van der Waals surface area contributed by atoms with Gasteiger partial charge >= 0.3 is 12.1 Å². The third-order valence-electron chi connectivity index (χ3n) is 4.26. The Morgan fingerprint density at radius 3 is 2.58 bits per heavy atom. The van der Waals surface area contributed by atoms with Gasteiger partial charge in [-0.1, -0.05) is 37.3 Å². The highest BCUT2D eigenvalue weighted by molar-refractivity contribution is 6.00. The Kier molecular flexibility index (Phi) is 5.78. The summed E-state index contributed by atoms with van der Waals surface area (Å²) >= 11 is 0. The number of alkyl carbamates (subject to hydrolysis) is 1. The van der Waals surface area contributed by atoms with Crippen LogP contribution in [0.4, 0.5) is 4.79 Å². The molecule has 1 heterocycles. The van der Waals surface area contributed by atoms with E-state index in [0.29, 0.717) is 19.4 Å². The minimum Gasteiger partial charge on any atom is -0.467 e. The molecule has 1 unspecified atom stereocenters. The zero-order valence-corrected chi connectivity index (χ0v) is 13.8. The number of benzene rings is 1. The smallest absolute Gasteiger partial charge is 0.407 e. The molecule has 1 aliphatic heterocycles. The number of β-lactam (4-membered cyclic amide) rings is 1. The van der Waals surface area contributed by atoms with Crippen LogP contribution in [0.15, 0.2) is 30.3 Å². The molecule has 2 atom stereocenters. The van der Waals surface area contributed by atoms with Crippen LogP contribution in [0.1, 0.15) is 25.3 Å². The van der Waals surface area contributed by atoms with Crippen LogP contribution in [0.5, 0.6) is 0 Å². The molecule has 7 nitrogen and oxygen atoms in total. The van der Waals surface area contributed by atoms with Crippen molar-refractivity contribution < 1.29 is 23.9 Å². The van der Waals surface area contributed by atoms with Crippen LogP contribution in [0, 0.1) is 5.92 Å². The van der Waals surface area contributed by atoms with Gasteiger partial charge < -0.3 is 20.1 Å². The van der Waals surface area contributed by atoms with Crippen molar-refractivity contribution in [3.63, 3.8) is 0 Å². The number of nitrogens with one attached hydrogen (secondary N) is 2. The summed E-state index contributed by atoms with van der Waals surface area (Å²) < 4.78 is 9.87. The summed E-state index contributed by atoms with van der Waals surface area (Å²) in [6.45, 7) is 2.23. The van der Waals surface area contributed by atoms with E-state index in [1.165, 1.54) is 7.11 Å². The Labute approximate surface area is 140 Å². The van der Waals surface area contributed by atoms with Crippen LogP contribution in [0.2, 0.25) is 0 Å². The Morgan fingerprint density at radius 2 is 2.00 bits per heavy atom. The first-order chi connectivity index (χ1) is 11.5. The van der Waals surface area contributed by atoms with Crippen LogP contribution in [0.3, 0.4) is 0 Å². The second-order valence-electron chi connectivity index (χ2n) is 5.77. The molecule has 1 aromatic carbocycles. The van der Waals surface area contributed by atoms with Crippen molar-refractivity contribution in [2.45, 2.75) is 31.9 Å². The first kappa shape index (κ1) is 17.8. The fourth-order valence-electron chi connectivity index (χ4n) is 2.71. The maximum Gasteiger partial charge on any atom is 0.407 e. The van der Waals surface area contributed by atoms with Crippen molar-refractivity contribution in [2.24, 2.45) is 5.92 Å². The third kappa shape index (κ3) is 3.84. The summed E-state index contributed by atoms with van der Waals surface area (Å²) in [5, 5.41) is 5.26. The van der Waals surface area contributed by atoms with Gasteiger partial charge in [0.2, 0.25) is 5.91 Å². The molecule has 0 aliphatic carbocycles. The van der Waals surface area contributed by atoms with Gasteiger partial charge in [0.15, 0.2) is 0 Å². The molecule has 1 saturated heterocycles. The Hall–Kier alpha value is -2.57. The van der Waals surface area contributed by atoms with Crippen molar-refractivity contribution in [1.29, 1.82) is 0 Å². The molecular weight excluding hydrogens is 312 g/mol. The Balaban J connectivity index is 1.70. The van der Waals surface area contributed by atoms with Gasteiger partial charge in [-0.05, 0) is 18.4 Å². The molecule has 130 valence electrons. The lowest BCUT2D eigenvalue weighted by Gasteiger charge is -2.45. The lowest BCUT2D eigenvalue weighted by Crippen LogP contribution is -2.72. The van der Waals surface area contributed by atoms with Gasteiger partial charge in [0.1, 0.15) is 12.1 Å². The topological polar surface area (TPSA) is 93.7 Å². The second kappa shape index (κ2) is 7.81. The summed E-state index contributed by atoms with van der Waals surface area (Å²) in [7, 11) is 1.29. The van der Waals surface area contributed by atoms with Crippen LogP contribution in [-0.4, -0.2) is 37.2 Å². The Bertz CT molecular complexity index is 604. The van der Waals surface area contributed by atoms with Crippen LogP contribution >= 0.6 is 0 Å². The number of methoxy groups -OCH3 is 1. The van der Waals surface area contributed by atoms with Gasteiger partial charge in [0, 0.05) is 6.54 Å². The van der Waals surface area contributed by atoms with Crippen molar-refractivity contribution in [2.75, 3.05) is 13.7 Å². The summed E-state index contributed by atoms with van der Waals surface area (Å²) in [5.74, 6) is -1.06. The van der Waals surface area contributed by atoms with E-state index in [0.717, 1.165) is 5.56 Å². The number of carbonyl (C=O) groups is 3. The molecule has 0 radical (unpaired) electrons. The zero-order valence-electron chi connectivity index (χ0n) is 13.8. The van der Waals surface area contributed by atoms with E-state index in [1.807, 2.05) is 30.3 Å². The van der Waals surface area contributed by atoms with E-state index in [1.54, 1.807) is 6.92 Å². The van der Waals surface area contributed by atoms with Crippen molar-refractivity contribution in [3.8, 4) is 0 Å². The highest BCUT2D eigenvalue weighted by Crippen LogP contribution is 2.32. The van der Waals surface area contributed by atoms with Gasteiger partial charge in [-0.25, -0.2) is 9.59 Å². The van der Waals surface area contributed by atoms with E-state index in [4.69, 9.17) is 9.47 Å². The molecule has 1 fully saturated rings. The predicted octanol–water partition coefficient (Wildman–Crippen LogP) is 1.37. The molecule has 0 aromatic heterocycles. The maximum absolute atomic E-state index is 11.9. The summed E-state index contributed by atoms with van der Waals surface area (Å²) in [6.07, 6.45) is 0.391. The van der Waals surface area contributed by atoms with Crippen molar-refractivity contribution in [1.82, 2.24) is 10.6 Å². The summed E-state index contributed by atoms with van der Waals surface area (Å²) in [4.78, 5) is 35.0. The molecule has 2 N–H and O–H groups in total. The molecule has 0 bridgehead atoms. The van der Waals surface area contributed by atoms with E-state index in [9.17, 15) is 14.4 Å². The number of amides is 2. The van der Waals surface area contributed by atoms with Crippen molar-refractivity contribution >= 4 is 18.0 Å². The molecule has 0 spiro atoms. The third-order valence-corrected chi connectivity index (χ3v) is 4.26. The van der Waals surface area contributed by atoms with Crippen LogP contribution in [0.25, 0.3) is 0 Å². The van der Waals surface area contributed by atoms with Gasteiger partial charge in [0.25, 0.3) is 0 Å². The quantitative estimate of drug-likeness (QED) is 0.446. The van der Waals surface area contributed by atoms with Crippen molar-refractivity contribution in [3.05, 3.63) is 35.9 Å². The predicted molar refractivity (Wildman–Crippen MR) is 85.9 cm³/mol. The molecule has 2 amide bonds. The first-order valence-electron chi connectivity index (χ1n) is 7.84. The summed E-state index contributed by atoms with van der Waals surface area (Å²) in [5.41, 5.74) is -0.0788. The van der Waals surface area contributed by atoms with E-state index < -0.39 is 23.5 Å². The maximum atomic E-state index is 11.9. The van der Waals surface area contributed by atoms with Gasteiger partial charge in [-0.15, -0.1) is 0 Å². The van der Waals surface area contributed by atoms with Gasteiger partial charge in [0.05, 0.1) is 13.0 Å². The summed E-state index contributed by atoms with van der Waals surface area (Å²) in [6, 6.07) is 9.37. The first-order valence-corrected chi connectivity index (χ1v) is 7.84. The normalized spacial score (nSPS) is 22.1. The minimum absolute atomic E-state index is 0.171. The molecule has 2 rings (SSSR count). The minimum atomic E-state index is -0.985. The van der Waals surface area contributed by atoms with Crippen LogP contribution in [-0.2, 0) is 25.7 Å². The number of ether oxygens (including phenoxy) is 2. The highest BCUT2D eigenvalue weighted by Gasteiger charge is 2.56. The molecular formula is C17H22N2O5. The van der Waals surface area contributed by atoms with E-state index in [2.05, 4.69) is 10.6 Å². The lowest BCUT2D eigenvalue weighted by molar-refractivity contribution is -0.165. The number of rotatable bonds is 7. The fourth-order valence-corrected chi connectivity index (χ4v) is 2.71. The number of esters is 1. The van der Waals surface area contributed by atoms with E-state index in [-0.39, 0.29) is 12.5 Å². The lowest BCUT2D eigenvalue weighted by atomic mass is 9.73. The fraction of sp³-hybridized carbons (Fsp3) is 0.471. The molecule has 1 aromatic rings. The second-order valence-corrected chi connectivity index (χ2v) is 5.77. The molecule has 7 heteroatoms. The molecule has 1 aliphatic rings. The monoisotopic (exact) mass is 334 g/mol. The average Bonchev–Trinajstić information content (AvgIpc) is 2.62. The number of hydrogen-bond donors (Lipinski definition) is 2. The highest BCUT2D eigenvalue weighted by atomic mass is 16.5. The number of hydrogen-bond acceptors (Lipinski definition) is 5. The SMILES string of the molecule is COC(=O)[C@@]1(CCCNC(=O)OCc2ccccc2)NC(=O)C1C. The van der Waals surface area contributed by atoms with Crippen LogP contribution < -0.4 is 10.6 Å². The standard InChI is InChI=1S/C17H22N2O5/c1-12-14(20)19-17(12,15(21)23-2)9-6-10-18-16(22)24-11-13-7-4-3-5-8-13/h3-5,7-8,12H,6,9-11H2,1-2H3,(H,18,22)(H,19,20)/t12?,17-/m0/s1. The molecule has 0 saturated carbocycles. The Morgan fingerprint density at radius 1 is 1.29 bits per heavy atom. The number of carbonyl (C=O) groups excluding carboxylic acids is 3. The van der Waals surface area contributed by atoms with Gasteiger partial charge in [-0.2, -0.15) is 0 Å². The average molecular weight is 334 g/mol. The zero-order chi connectivity index (χ0) is 17.6. The largest absolute Gasteiger partial charge is 0.467 e. The van der Waals surface area contributed by atoms with E-state index >= 15 is 0 Å². The van der Waals surface area contributed by atoms with Gasteiger partial charge in [-0.3, -0.25) is 4.79 Å². The molecule has 24 heavy (non-hydrogen) atoms.